The molecule has 0 aromatic heterocycles. The van der Waals surface area contributed by atoms with Crippen molar-refractivity contribution in [2.45, 2.75) is 18.2 Å². The van der Waals surface area contributed by atoms with Gasteiger partial charge in [0.2, 0.25) is 5.91 Å². The van der Waals surface area contributed by atoms with E-state index in [0.29, 0.717) is 4.31 Å². The van der Waals surface area contributed by atoms with Crippen LogP contribution in [0.1, 0.15) is 23.7 Å². The van der Waals surface area contributed by atoms with Gasteiger partial charge in [0, 0.05) is 6.42 Å². The van der Waals surface area contributed by atoms with Crippen molar-refractivity contribution in [1.82, 2.24) is 4.31 Å². The molecule has 1 heterocycles. The van der Waals surface area contributed by atoms with E-state index < -0.39 is 21.8 Å². The maximum absolute atomic E-state index is 11.9. The Labute approximate surface area is 92.7 Å². The van der Waals surface area contributed by atoms with Crippen molar-refractivity contribution in [2.75, 3.05) is 0 Å². The Morgan fingerprint density at radius 3 is 2.50 bits per heavy atom. The van der Waals surface area contributed by atoms with Crippen LogP contribution >= 0.6 is 0 Å². The Bertz CT molecular complexity index is 576. The zero-order chi connectivity index (χ0) is 11.9. The van der Waals surface area contributed by atoms with Gasteiger partial charge in [0.25, 0.3) is 15.9 Å². The first-order valence-corrected chi connectivity index (χ1v) is 6.15. The summed E-state index contributed by atoms with van der Waals surface area (Å²) < 4.78 is 24.1. The number of hydrogen-bond acceptors (Lipinski definition) is 4. The van der Waals surface area contributed by atoms with E-state index in [-0.39, 0.29) is 16.9 Å². The van der Waals surface area contributed by atoms with Gasteiger partial charge >= 0.3 is 0 Å². The molecule has 0 radical (unpaired) electrons. The van der Waals surface area contributed by atoms with Crippen molar-refractivity contribution in [3.63, 3.8) is 0 Å². The van der Waals surface area contributed by atoms with Crippen LogP contribution in [-0.2, 0) is 14.8 Å². The lowest BCUT2D eigenvalue weighted by atomic mass is 10.2. The fourth-order valence-corrected chi connectivity index (χ4v) is 3.17. The second-order valence-corrected chi connectivity index (χ2v) is 5.07. The van der Waals surface area contributed by atoms with E-state index in [9.17, 15) is 18.0 Å². The minimum absolute atomic E-state index is 0.0288. The molecule has 2 rings (SSSR count). The normalized spacial score (nSPS) is 17.3. The highest BCUT2D eigenvalue weighted by Crippen LogP contribution is 2.30. The van der Waals surface area contributed by atoms with Crippen LogP contribution in [0.4, 0.5) is 0 Å². The Morgan fingerprint density at radius 2 is 1.94 bits per heavy atom. The van der Waals surface area contributed by atoms with E-state index in [1.165, 1.54) is 25.1 Å². The fourth-order valence-electron chi connectivity index (χ4n) is 1.58. The summed E-state index contributed by atoms with van der Waals surface area (Å²) in [5.74, 6) is -1.47. The SMILES string of the molecule is CCC(=O)N1C(=O)c2ccccc2S1(=O)=O. The van der Waals surface area contributed by atoms with E-state index in [1.54, 1.807) is 6.07 Å². The monoisotopic (exact) mass is 239 g/mol. The molecule has 0 saturated carbocycles. The number of fused-ring (bicyclic) bond motifs is 1. The van der Waals surface area contributed by atoms with E-state index >= 15 is 0 Å². The van der Waals surface area contributed by atoms with Crippen LogP contribution in [0.3, 0.4) is 0 Å². The van der Waals surface area contributed by atoms with E-state index in [4.69, 9.17) is 0 Å². The van der Waals surface area contributed by atoms with Gasteiger partial charge in [-0.1, -0.05) is 19.1 Å². The van der Waals surface area contributed by atoms with Crippen molar-refractivity contribution >= 4 is 21.8 Å². The van der Waals surface area contributed by atoms with Crippen LogP contribution in [0.5, 0.6) is 0 Å². The summed E-state index contributed by atoms with van der Waals surface area (Å²) in [5, 5.41) is 0. The minimum Gasteiger partial charge on any atom is -0.273 e. The standard InChI is InChI=1S/C10H9NO4S/c1-2-9(12)11-10(13)7-5-3-4-6-8(7)16(11,14)15/h3-6H,2H2,1H3. The molecule has 0 N–H and O–H groups in total. The van der Waals surface area contributed by atoms with Gasteiger partial charge in [0.15, 0.2) is 0 Å². The highest BCUT2D eigenvalue weighted by atomic mass is 32.2. The molecule has 5 nitrogen and oxygen atoms in total. The molecule has 6 heteroatoms. The van der Waals surface area contributed by atoms with Crippen LogP contribution < -0.4 is 0 Å². The molecule has 1 aliphatic rings. The quantitative estimate of drug-likeness (QED) is 0.725. The van der Waals surface area contributed by atoms with Crippen LogP contribution in [-0.4, -0.2) is 24.5 Å². The number of hydrogen-bond donors (Lipinski definition) is 0. The van der Waals surface area contributed by atoms with Crippen LogP contribution in [0.25, 0.3) is 0 Å². The molecule has 16 heavy (non-hydrogen) atoms. The minimum atomic E-state index is -3.97. The van der Waals surface area contributed by atoms with Crippen LogP contribution in [0, 0.1) is 0 Å². The molecular formula is C10H9NO4S. The molecule has 0 spiro atoms. The lowest BCUT2D eigenvalue weighted by molar-refractivity contribution is -0.124. The number of amides is 2. The van der Waals surface area contributed by atoms with Gasteiger partial charge in [-0.05, 0) is 12.1 Å². The number of sulfonamides is 1. The zero-order valence-electron chi connectivity index (χ0n) is 8.50. The maximum Gasteiger partial charge on any atom is 0.276 e. The first-order chi connectivity index (χ1) is 7.50. The topological polar surface area (TPSA) is 71.5 Å². The van der Waals surface area contributed by atoms with E-state index in [0.717, 1.165) is 0 Å². The van der Waals surface area contributed by atoms with Crippen molar-refractivity contribution in [3.8, 4) is 0 Å². The number of carbonyl (C=O) groups is 2. The molecule has 2 amide bonds. The van der Waals surface area contributed by atoms with E-state index in [2.05, 4.69) is 0 Å². The number of imide groups is 1. The first kappa shape index (κ1) is 10.8. The van der Waals surface area contributed by atoms with Crippen molar-refractivity contribution < 1.29 is 18.0 Å². The number of nitrogens with zero attached hydrogens (tertiary/aromatic N) is 1. The smallest absolute Gasteiger partial charge is 0.273 e. The molecule has 0 aliphatic carbocycles. The van der Waals surface area contributed by atoms with Crippen molar-refractivity contribution in [1.29, 1.82) is 0 Å². The van der Waals surface area contributed by atoms with Gasteiger partial charge in [-0.25, -0.2) is 8.42 Å². The lowest BCUT2D eigenvalue weighted by Crippen LogP contribution is -2.35. The molecule has 0 fully saturated rings. The van der Waals surface area contributed by atoms with Gasteiger partial charge in [-0.15, -0.1) is 0 Å². The summed E-state index contributed by atoms with van der Waals surface area (Å²) >= 11 is 0. The number of benzene rings is 1. The predicted molar refractivity (Wildman–Crippen MR) is 55.1 cm³/mol. The maximum atomic E-state index is 11.9. The molecule has 0 saturated heterocycles. The number of rotatable bonds is 1. The third-order valence-electron chi connectivity index (χ3n) is 2.35. The molecular weight excluding hydrogens is 230 g/mol. The molecule has 1 aromatic carbocycles. The molecule has 0 atom stereocenters. The van der Waals surface area contributed by atoms with Gasteiger partial charge in [0.1, 0.15) is 4.90 Å². The van der Waals surface area contributed by atoms with Gasteiger partial charge in [-0.2, -0.15) is 4.31 Å². The zero-order valence-corrected chi connectivity index (χ0v) is 9.32. The second kappa shape index (κ2) is 3.41. The Hall–Kier alpha value is -1.69. The third kappa shape index (κ3) is 1.26. The Balaban J connectivity index is 2.67. The predicted octanol–water partition coefficient (Wildman–Crippen LogP) is 0.768. The Morgan fingerprint density at radius 1 is 1.31 bits per heavy atom. The van der Waals surface area contributed by atoms with Gasteiger partial charge in [-0.3, -0.25) is 9.59 Å². The largest absolute Gasteiger partial charge is 0.276 e. The summed E-state index contributed by atoms with van der Waals surface area (Å²) in [6, 6.07) is 5.80. The summed E-state index contributed by atoms with van der Waals surface area (Å²) in [7, 11) is -3.97. The van der Waals surface area contributed by atoms with Gasteiger partial charge in [0.05, 0.1) is 5.56 Å². The number of carbonyl (C=O) groups excluding carboxylic acids is 2. The molecule has 0 bridgehead atoms. The fraction of sp³-hybridized carbons (Fsp3) is 0.200. The Kier molecular flexibility index (Phi) is 2.31. The summed E-state index contributed by atoms with van der Waals surface area (Å²) in [6.45, 7) is 1.51. The summed E-state index contributed by atoms with van der Waals surface area (Å²) in [5.41, 5.74) is 0.0595. The summed E-state index contributed by atoms with van der Waals surface area (Å²) in [4.78, 5) is 23.1. The molecule has 84 valence electrons. The average molecular weight is 239 g/mol. The van der Waals surface area contributed by atoms with Crippen LogP contribution in [0.2, 0.25) is 0 Å². The van der Waals surface area contributed by atoms with Crippen molar-refractivity contribution in [3.05, 3.63) is 29.8 Å². The van der Waals surface area contributed by atoms with Gasteiger partial charge < -0.3 is 0 Å². The third-order valence-corrected chi connectivity index (χ3v) is 4.11. The molecule has 1 aromatic rings. The van der Waals surface area contributed by atoms with Crippen LogP contribution in [0.15, 0.2) is 29.2 Å². The molecule has 0 unspecified atom stereocenters. The first-order valence-electron chi connectivity index (χ1n) is 4.71. The lowest BCUT2D eigenvalue weighted by Gasteiger charge is -2.10. The van der Waals surface area contributed by atoms with Crippen molar-refractivity contribution in [2.24, 2.45) is 0 Å². The molecule has 1 aliphatic heterocycles. The average Bonchev–Trinajstić information content (AvgIpc) is 2.47. The van der Waals surface area contributed by atoms with E-state index in [1.807, 2.05) is 0 Å². The second-order valence-electron chi connectivity index (χ2n) is 3.32. The highest BCUT2D eigenvalue weighted by molar-refractivity contribution is 7.90. The highest BCUT2D eigenvalue weighted by Gasteiger charge is 2.44. The summed E-state index contributed by atoms with van der Waals surface area (Å²) in [6.07, 6.45) is -0.0288.